The Labute approximate surface area is 163 Å². The van der Waals surface area contributed by atoms with Gasteiger partial charge in [-0.2, -0.15) is 5.26 Å². The lowest BCUT2D eigenvalue weighted by atomic mass is 10.2. The third kappa shape index (κ3) is 3.37. The van der Waals surface area contributed by atoms with Crippen molar-refractivity contribution in [2.75, 3.05) is 36.4 Å². The molecule has 7 nitrogen and oxygen atoms in total. The average molecular weight is 374 g/mol. The molecule has 142 valence electrons. The van der Waals surface area contributed by atoms with E-state index in [0.29, 0.717) is 24.3 Å². The molecule has 0 spiro atoms. The van der Waals surface area contributed by atoms with Gasteiger partial charge in [-0.05, 0) is 43.3 Å². The Morgan fingerprint density at radius 2 is 1.82 bits per heavy atom. The number of nitriles is 1. The van der Waals surface area contributed by atoms with Gasteiger partial charge in [0.15, 0.2) is 0 Å². The number of amides is 2. The minimum absolute atomic E-state index is 0.117. The maximum Gasteiger partial charge on any atom is 0.321 e. The molecule has 2 aromatic carbocycles. The van der Waals surface area contributed by atoms with Gasteiger partial charge in [-0.25, -0.2) is 9.78 Å². The molecule has 28 heavy (non-hydrogen) atoms. The first-order valence-electron chi connectivity index (χ1n) is 9.46. The average Bonchev–Trinajstić information content (AvgIpc) is 3.13. The van der Waals surface area contributed by atoms with Crippen LogP contribution in [-0.2, 0) is 6.54 Å². The van der Waals surface area contributed by atoms with E-state index in [1.807, 2.05) is 23.1 Å². The number of benzene rings is 2. The summed E-state index contributed by atoms with van der Waals surface area (Å²) in [7, 11) is 0. The molecule has 0 unspecified atom stereocenters. The molecule has 1 N–H and O–H groups in total. The van der Waals surface area contributed by atoms with Crippen LogP contribution in [0.1, 0.15) is 12.5 Å². The van der Waals surface area contributed by atoms with Crippen molar-refractivity contribution in [1.29, 1.82) is 5.26 Å². The minimum atomic E-state index is -0.117. The Morgan fingerprint density at radius 1 is 1.11 bits per heavy atom. The van der Waals surface area contributed by atoms with E-state index < -0.39 is 0 Å². The summed E-state index contributed by atoms with van der Waals surface area (Å²) in [6.45, 7) is 5.73. The summed E-state index contributed by atoms with van der Waals surface area (Å²) < 4.78 is 2.22. The molecule has 3 aromatic rings. The van der Waals surface area contributed by atoms with Gasteiger partial charge in [-0.1, -0.05) is 12.1 Å². The number of hydrogen-bond acceptors (Lipinski definition) is 4. The van der Waals surface area contributed by atoms with E-state index in [1.54, 1.807) is 24.3 Å². The summed E-state index contributed by atoms with van der Waals surface area (Å²) in [4.78, 5) is 21.4. The second kappa shape index (κ2) is 7.61. The van der Waals surface area contributed by atoms with Gasteiger partial charge in [0.25, 0.3) is 0 Å². The third-order valence-corrected chi connectivity index (χ3v) is 5.07. The molecule has 0 bridgehead atoms. The highest BCUT2D eigenvalue weighted by Gasteiger charge is 2.24. The van der Waals surface area contributed by atoms with Gasteiger partial charge in [-0.3, -0.25) is 0 Å². The zero-order valence-electron chi connectivity index (χ0n) is 15.8. The van der Waals surface area contributed by atoms with E-state index in [2.05, 4.69) is 33.8 Å². The third-order valence-electron chi connectivity index (χ3n) is 5.07. The molecule has 1 saturated heterocycles. The number of imidazole rings is 1. The van der Waals surface area contributed by atoms with Gasteiger partial charge in [0.1, 0.15) is 0 Å². The topological polar surface area (TPSA) is 77.2 Å². The van der Waals surface area contributed by atoms with Crippen LogP contribution in [-0.4, -0.2) is 46.7 Å². The number of carbonyl (C=O) groups is 1. The van der Waals surface area contributed by atoms with Gasteiger partial charge in [0.05, 0.1) is 22.7 Å². The second-order valence-electron chi connectivity index (χ2n) is 6.74. The van der Waals surface area contributed by atoms with E-state index in [9.17, 15) is 4.79 Å². The van der Waals surface area contributed by atoms with E-state index in [-0.39, 0.29) is 6.03 Å². The lowest BCUT2D eigenvalue weighted by Gasteiger charge is -2.35. The smallest absolute Gasteiger partial charge is 0.321 e. The highest BCUT2D eigenvalue weighted by molar-refractivity contribution is 5.89. The van der Waals surface area contributed by atoms with Gasteiger partial charge in [0.2, 0.25) is 5.95 Å². The summed E-state index contributed by atoms with van der Waals surface area (Å²) >= 11 is 0. The number of anilines is 2. The number of para-hydroxylation sites is 2. The molecule has 0 aliphatic carbocycles. The Bertz CT molecular complexity index is 1030. The van der Waals surface area contributed by atoms with Crippen LogP contribution in [0.15, 0.2) is 48.5 Å². The van der Waals surface area contributed by atoms with Crippen molar-refractivity contribution in [3.05, 3.63) is 54.1 Å². The summed E-state index contributed by atoms with van der Waals surface area (Å²) in [5, 5.41) is 11.8. The lowest BCUT2D eigenvalue weighted by molar-refractivity contribution is 0.208. The molecule has 4 rings (SSSR count). The van der Waals surface area contributed by atoms with Crippen molar-refractivity contribution in [2.24, 2.45) is 0 Å². The second-order valence-corrected chi connectivity index (χ2v) is 6.74. The number of carbonyl (C=O) groups excluding carboxylic acids is 1. The summed E-state index contributed by atoms with van der Waals surface area (Å²) in [5.41, 5.74) is 3.41. The van der Waals surface area contributed by atoms with Crippen molar-refractivity contribution in [3.63, 3.8) is 0 Å². The first kappa shape index (κ1) is 17.9. The quantitative estimate of drug-likeness (QED) is 0.763. The van der Waals surface area contributed by atoms with Crippen LogP contribution < -0.4 is 10.2 Å². The van der Waals surface area contributed by atoms with Crippen LogP contribution in [0, 0.1) is 11.3 Å². The van der Waals surface area contributed by atoms with Crippen molar-refractivity contribution in [1.82, 2.24) is 14.5 Å². The molecule has 1 aliphatic heterocycles. The minimum Gasteiger partial charge on any atom is -0.339 e. The van der Waals surface area contributed by atoms with Crippen LogP contribution in [0.4, 0.5) is 16.4 Å². The normalized spacial score (nSPS) is 14.1. The highest BCUT2D eigenvalue weighted by Crippen LogP contribution is 2.23. The number of nitrogens with one attached hydrogen (secondary N) is 1. The summed E-state index contributed by atoms with van der Waals surface area (Å²) in [5.74, 6) is 0.968. The van der Waals surface area contributed by atoms with Crippen LogP contribution in [0.5, 0.6) is 0 Å². The molecule has 1 fully saturated rings. The molecule has 0 radical (unpaired) electrons. The van der Waals surface area contributed by atoms with Gasteiger partial charge >= 0.3 is 6.03 Å². The predicted octanol–water partition coefficient (Wildman–Crippen LogP) is 3.28. The van der Waals surface area contributed by atoms with Gasteiger partial charge < -0.3 is 19.7 Å². The van der Waals surface area contributed by atoms with E-state index in [1.165, 1.54) is 0 Å². The molecular weight excluding hydrogens is 352 g/mol. The molecule has 2 heterocycles. The maximum atomic E-state index is 12.5. The van der Waals surface area contributed by atoms with Crippen molar-refractivity contribution >= 4 is 28.7 Å². The van der Waals surface area contributed by atoms with E-state index >= 15 is 0 Å². The van der Waals surface area contributed by atoms with E-state index in [0.717, 1.165) is 36.6 Å². The fourth-order valence-electron chi connectivity index (χ4n) is 3.56. The lowest BCUT2D eigenvalue weighted by Crippen LogP contribution is -2.50. The Morgan fingerprint density at radius 3 is 2.50 bits per heavy atom. The zero-order chi connectivity index (χ0) is 19.5. The van der Waals surface area contributed by atoms with Crippen LogP contribution in [0.25, 0.3) is 11.0 Å². The van der Waals surface area contributed by atoms with Crippen molar-refractivity contribution in [3.8, 4) is 6.07 Å². The number of aryl methyl sites for hydroxylation is 1. The van der Waals surface area contributed by atoms with Gasteiger partial charge in [0, 0.05) is 38.4 Å². The number of piperazine rings is 1. The first-order valence-corrected chi connectivity index (χ1v) is 9.46. The van der Waals surface area contributed by atoms with E-state index in [4.69, 9.17) is 10.2 Å². The molecule has 7 heteroatoms. The number of nitrogens with zero attached hydrogens (tertiary/aromatic N) is 5. The Hall–Kier alpha value is -3.53. The maximum absolute atomic E-state index is 12.5. The molecule has 1 aliphatic rings. The van der Waals surface area contributed by atoms with Crippen LogP contribution in [0.3, 0.4) is 0 Å². The number of rotatable bonds is 3. The highest BCUT2D eigenvalue weighted by atomic mass is 16.2. The monoisotopic (exact) mass is 374 g/mol. The largest absolute Gasteiger partial charge is 0.339 e. The number of fused-ring (bicyclic) bond motifs is 1. The Balaban J connectivity index is 1.42. The molecule has 0 atom stereocenters. The van der Waals surface area contributed by atoms with Gasteiger partial charge in [-0.15, -0.1) is 0 Å². The van der Waals surface area contributed by atoms with Crippen LogP contribution in [0.2, 0.25) is 0 Å². The van der Waals surface area contributed by atoms with Crippen LogP contribution >= 0.6 is 0 Å². The molecular formula is C21H22N6O. The molecule has 0 saturated carbocycles. The number of urea groups is 1. The molecule has 2 amide bonds. The molecule has 1 aromatic heterocycles. The Kier molecular flexibility index (Phi) is 4.85. The fourth-order valence-corrected chi connectivity index (χ4v) is 3.56. The SMILES string of the molecule is CCn1c(N2CCN(C(=O)Nc3ccc(C#N)cc3)CC2)nc2ccccc21. The number of aromatic nitrogens is 2. The zero-order valence-corrected chi connectivity index (χ0v) is 15.8. The summed E-state index contributed by atoms with van der Waals surface area (Å²) in [6, 6.07) is 17.0. The van der Waals surface area contributed by atoms with Crippen molar-refractivity contribution in [2.45, 2.75) is 13.5 Å². The fraction of sp³-hybridized carbons (Fsp3) is 0.286. The predicted molar refractivity (Wildman–Crippen MR) is 109 cm³/mol. The number of hydrogen-bond donors (Lipinski definition) is 1. The standard InChI is InChI=1S/C21H22N6O/c1-2-27-19-6-4-3-5-18(19)24-20(27)25-11-13-26(14-12-25)21(28)23-17-9-7-16(15-22)8-10-17/h3-10H,2,11-14H2,1H3,(H,23,28). The summed E-state index contributed by atoms with van der Waals surface area (Å²) in [6.07, 6.45) is 0. The van der Waals surface area contributed by atoms with Crippen molar-refractivity contribution < 1.29 is 4.79 Å². The first-order chi connectivity index (χ1) is 13.7.